The maximum absolute atomic E-state index is 12.8. The molecule has 1 aromatic heterocycles. The molecule has 1 unspecified atom stereocenters. The van der Waals surface area contributed by atoms with E-state index in [9.17, 15) is 9.59 Å². The van der Waals surface area contributed by atoms with Crippen LogP contribution in [0.5, 0.6) is 0 Å². The number of hydrogen-bond acceptors (Lipinski definition) is 3. The Morgan fingerprint density at radius 3 is 2.90 bits per heavy atom. The molecule has 0 radical (unpaired) electrons. The maximum Gasteiger partial charge on any atom is 0.254 e. The molecule has 2 aromatic rings. The van der Waals surface area contributed by atoms with E-state index in [1.54, 1.807) is 19.2 Å². The summed E-state index contributed by atoms with van der Waals surface area (Å²) in [7, 11) is 0. The summed E-state index contributed by atoms with van der Waals surface area (Å²) in [5, 5.41) is 0.874. The van der Waals surface area contributed by atoms with Crippen LogP contribution in [0.25, 0.3) is 10.9 Å². The Morgan fingerprint density at radius 2 is 2.10 bits per heavy atom. The zero-order chi connectivity index (χ0) is 14.8. The molecule has 1 atom stereocenters. The highest BCUT2D eigenvalue weighted by atomic mass is 16.2. The van der Waals surface area contributed by atoms with Crippen LogP contribution in [0.2, 0.25) is 0 Å². The molecule has 1 aliphatic heterocycles. The molecule has 1 aromatic carbocycles. The molecule has 4 nitrogen and oxygen atoms in total. The first-order valence-electron chi connectivity index (χ1n) is 7.31. The fourth-order valence-electron chi connectivity index (χ4n) is 3.08. The van der Waals surface area contributed by atoms with E-state index >= 15 is 0 Å². The normalized spacial score (nSPS) is 18.1. The summed E-state index contributed by atoms with van der Waals surface area (Å²) < 4.78 is 0. The molecule has 108 valence electrons. The van der Waals surface area contributed by atoms with Crippen molar-refractivity contribution in [1.82, 2.24) is 9.88 Å². The first-order chi connectivity index (χ1) is 10.2. The van der Waals surface area contributed by atoms with Crippen LogP contribution in [0.3, 0.4) is 0 Å². The third-order valence-corrected chi connectivity index (χ3v) is 4.04. The fourth-order valence-corrected chi connectivity index (χ4v) is 3.08. The topological polar surface area (TPSA) is 50.3 Å². The quantitative estimate of drug-likeness (QED) is 0.869. The number of carbonyl (C=O) groups is 2. The molecular weight excluding hydrogens is 264 g/mol. The Morgan fingerprint density at radius 1 is 1.29 bits per heavy atom. The molecule has 2 heterocycles. The summed E-state index contributed by atoms with van der Waals surface area (Å²) in [6.45, 7) is 2.32. The largest absolute Gasteiger partial charge is 0.335 e. The number of para-hydroxylation sites is 1. The molecule has 1 fully saturated rings. The van der Waals surface area contributed by atoms with Gasteiger partial charge in [-0.1, -0.05) is 18.2 Å². The summed E-state index contributed by atoms with van der Waals surface area (Å²) in [4.78, 5) is 30.4. The second-order valence-electron chi connectivity index (χ2n) is 5.58. The summed E-state index contributed by atoms with van der Waals surface area (Å²) in [6.07, 6.45) is 4.00. The molecule has 4 heteroatoms. The number of rotatable bonds is 3. The van der Waals surface area contributed by atoms with Gasteiger partial charge in [-0.2, -0.15) is 0 Å². The molecule has 0 spiro atoms. The van der Waals surface area contributed by atoms with Gasteiger partial charge in [-0.15, -0.1) is 0 Å². The smallest absolute Gasteiger partial charge is 0.254 e. The van der Waals surface area contributed by atoms with Crippen molar-refractivity contribution in [2.45, 2.75) is 32.2 Å². The van der Waals surface area contributed by atoms with E-state index in [0.29, 0.717) is 12.0 Å². The minimum absolute atomic E-state index is 0.0114. The number of hydrogen-bond donors (Lipinski definition) is 0. The van der Waals surface area contributed by atoms with Crippen LogP contribution in [0.15, 0.2) is 36.5 Å². The first-order valence-corrected chi connectivity index (χ1v) is 7.31. The number of ketones is 1. The predicted molar refractivity (Wildman–Crippen MR) is 81.1 cm³/mol. The lowest BCUT2D eigenvalue weighted by atomic mass is 10.1. The van der Waals surface area contributed by atoms with Gasteiger partial charge in [0.15, 0.2) is 0 Å². The van der Waals surface area contributed by atoms with Gasteiger partial charge in [-0.25, -0.2) is 0 Å². The second kappa shape index (κ2) is 5.64. The fraction of sp³-hybridized carbons (Fsp3) is 0.353. The van der Waals surface area contributed by atoms with Crippen LogP contribution in [0.4, 0.5) is 0 Å². The number of Topliss-reactive ketones (excluding diaryl/α,β-unsaturated/α-hetero) is 1. The van der Waals surface area contributed by atoms with Crippen molar-refractivity contribution in [3.8, 4) is 0 Å². The van der Waals surface area contributed by atoms with Gasteiger partial charge in [0, 0.05) is 30.6 Å². The van der Waals surface area contributed by atoms with E-state index in [1.807, 2.05) is 29.2 Å². The Labute approximate surface area is 123 Å². The highest BCUT2D eigenvalue weighted by Gasteiger charge is 2.30. The van der Waals surface area contributed by atoms with Crippen molar-refractivity contribution < 1.29 is 9.59 Å². The minimum Gasteiger partial charge on any atom is -0.335 e. The Balaban J connectivity index is 1.95. The number of aromatic nitrogens is 1. The van der Waals surface area contributed by atoms with Crippen molar-refractivity contribution in [2.24, 2.45) is 0 Å². The number of likely N-dealkylation sites (tertiary alicyclic amines) is 1. The van der Waals surface area contributed by atoms with Gasteiger partial charge < -0.3 is 4.90 Å². The van der Waals surface area contributed by atoms with E-state index in [2.05, 4.69) is 4.98 Å². The molecule has 0 N–H and O–H groups in total. The maximum atomic E-state index is 12.8. The van der Waals surface area contributed by atoms with Gasteiger partial charge in [0.1, 0.15) is 5.78 Å². The molecule has 0 aliphatic carbocycles. The third kappa shape index (κ3) is 2.66. The number of carbonyl (C=O) groups excluding carboxylic acids is 2. The van der Waals surface area contributed by atoms with Gasteiger partial charge in [0.25, 0.3) is 5.91 Å². The molecule has 1 amide bonds. The molecule has 0 bridgehead atoms. The van der Waals surface area contributed by atoms with Gasteiger partial charge in [0.05, 0.1) is 11.1 Å². The van der Waals surface area contributed by atoms with Crippen LogP contribution in [-0.4, -0.2) is 34.2 Å². The van der Waals surface area contributed by atoms with Crippen LogP contribution in [-0.2, 0) is 4.79 Å². The molecule has 0 saturated carbocycles. The minimum atomic E-state index is 0.0114. The summed E-state index contributed by atoms with van der Waals surface area (Å²) in [5.41, 5.74) is 1.50. The second-order valence-corrected chi connectivity index (χ2v) is 5.58. The van der Waals surface area contributed by atoms with Crippen molar-refractivity contribution in [1.29, 1.82) is 0 Å². The summed E-state index contributed by atoms with van der Waals surface area (Å²) in [5.74, 6) is 0.150. The standard InChI is InChI=1S/C17H18N2O2/c1-12(20)11-13-5-4-10-19(13)17(21)15-8-9-18-16-7-3-2-6-14(15)16/h2-3,6-9,13H,4-5,10-11H2,1H3. The average molecular weight is 282 g/mol. The van der Waals surface area contributed by atoms with Crippen molar-refractivity contribution in [2.75, 3.05) is 6.54 Å². The highest BCUT2D eigenvalue weighted by molar-refractivity contribution is 6.06. The number of pyridine rings is 1. The van der Waals surface area contributed by atoms with Gasteiger partial charge in [-0.05, 0) is 31.9 Å². The lowest BCUT2D eigenvalue weighted by molar-refractivity contribution is -0.117. The van der Waals surface area contributed by atoms with E-state index in [4.69, 9.17) is 0 Å². The predicted octanol–water partition coefficient (Wildman–Crippen LogP) is 2.82. The number of benzene rings is 1. The monoisotopic (exact) mass is 282 g/mol. The van der Waals surface area contributed by atoms with Crippen molar-refractivity contribution in [3.63, 3.8) is 0 Å². The molecule has 21 heavy (non-hydrogen) atoms. The Hall–Kier alpha value is -2.23. The molecular formula is C17H18N2O2. The molecule has 1 aliphatic rings. The number of nitrogens with zero attached hydrogens (tertiary/aromatic N) is 2. The van der Waals surface area contributed by atoms with Crippen LogP contribution < -0.4 is 0 Å². The molecule has 1 saturated heterocycles. The SMILES string of the molecule is CC(=O)CC1CCCN1C(=O)c1ccnc2ccccc12. The zero-order valence-electron chi connectivity index (χ0n) is 12.1. The highest BCUT2D eigenvalue weighted by Crippen LogP contribution is 2.25. The summed E-state index contributed by atoms with van der Waals surface area (Å²) >= 11 is 0. The van der Waals surface area contributed by atoms with Crippen molar-refractivity contribution in [3.05, 3.63) is 42.1 Å². The van der Waals surface area contributed by atoms with Crippen molar-refractivity contribution >= 4 is 22.6 Å². The van der Waals surface area contributed by atoms with E-state index in [0.717, 1.165) is 30.3 Å². The lowest BCUT2D eigenvalue weighted by Crippen LogP contribution is -2.36. The van der Waals surface area contributed by atoms with E-state index in [1.165, 1.54) is 0 Å². The average Bonchev–Trinajstić information content (AvgIpc) is 2.93. The van der Waals surface area contributed by atoms with E-state index < -0.39 is 0 Å². The van der Waals surface area contributed by atoms with Crippen LogP contribution in [0.1, 0.15) is 36.5 Å². The van der Waals surface area contributed by atoms with Gasteiger partial charge in [0.2, 0.25) is 0 Å². The number of fused-ring (bicyclic) bond motifs is 1. The lowest BCUT2D eigenvalue weighted by Gasteiger charge is -2.24. The van der Waals surface area contributed by atoms with Crippen LogP contribution >= 0.6 is 0 Å². The van der Waals surface area contributed by atoms with Gasteiger partial charge >= 0.3 is 0 Å². The molecule has 3 rings (SSSR count). The Bertz CT molecular complexity index is 691. The third-order valence-electron chi connectivity index (χ3n) is 4.04. The zero-order valence-corrected chi connectivity index (χ0v) is 12.1. The van der Waals surface area contributed by atoms with E-state index in [-0.39, 0.29) is 17.7 Å². The Kier molecular flexibility index (Phi) is 3.69. The van der Waals surface area contributed by atoms with Gasteiger partial charge in [-0.3, -0.25) is 14.6 Å². The van der Waals surface area contributed by atoms with Crippen LogP contribution in [0, 0.1) is 0 Å². The first kappa shape index (κ1) is 13.7. The number of amides is 1. The summed E-state index contributed by atoms with van der Waals surface area (Å²) in [6, 6.07) is 9.47.